The molecular formula is C26H27ClFN3O6. The second kappa shape index (κ2) is 12.9. The van der Waals surface area contributed by atoms with Crippen LogP contribution in [0, 0.1) is 5.82 Å². The van der Waals surface area contributed by atoms with E-state index in [4.69, 9.17) is 35.7 Å². The highest BCUT2D eigenvalue weighted by Crippen LogP contribution is 2.40. The smallest absolute Gasteiger partial charge is 0.290 e. The van der Waals surface area contributed by atoms with Crippen LogP contribution in [0.3, 0.4) is 0 Å². The molecule has 0 spiro atoms. The lowest BCUT2D eigenvalue weighted by molar-refractivity contribution is -0.122. The van der Waals surface area contributed by atoms with Gasteiger partial charge in [0.1, 0.15) is 22.3 Å². The standard InChI is InChI=1S/C25H25ClFN3O4.CH2O2/c1-15(2)33-24-20(26)11-16(14-29-24)34-22-13-21(27)19(25(31)30-9-4-5-10-30)12-18(22)17-7-6-8-28-23(17)32-3;2-1-3/h6-8,11-15H,4-5,9-10H2,1-3H3;1H,(H,2,3). The number of halogens is 2. The minimum Gasteiger partial charge on any atom is -0.483 e. The molecule has 0 aliphatic carbocycles. The maximum absolute atomic E-state index is 15.2. The SMILES string of the molecule is COc1ncccc1-c1cc(C(=O)N2CCCC2)c(F)cc1Oc1cnc(OC(C)C)c(Cl)c1.O=CO. The van der Waals surface area contributed by atoms with Gasteiger partial charge in [-0.15, -0.1) is 0 Å². The summed E-state index contributed by atoms with van der Waals surface area (Å²) >= 11 is 6.29. The Labute approximate surface area is 218 Å². The summed E-state index contributed by atoms with van der Waals surface area (Å²) in [5, 5.41) is 7.15. The molecule has 3 heterocycles. The lowest BCUT2D eigenvalue weighted by Gasteiger charge is -2.19. The van der Waals surface area contributed by atoms with Gasteiger partial charge < -0.3 is 24.2 Å². The Hall–Kier alpha value is -3.92. The molecule has 196 valence electrons. The summed E-state index contributed by atoms with van der Waals surface area (Å²) in [6.45, 7) is 4.70. The van der Waals surface area contributed by atoms with Crippen molar-refractivity contribution in [3.63, 3.8) is 0 Å². The van der Waals surface area contributed by atoms with Crippen LogP contribution in [0.1, 0.15) is 37.0 Å². The molecule has 0 atom stereocenters. The van der Waals surface area contributed by atoms with Gasteiger partial charge >= 0.3 is 0 Å². The third kappa shape index (κ3) is 6.85. The average Bonchev–Trinajstić information content (AvgIpc) is 3.41. The molecule has 0 bridgehead atoms. The number of aromatic nitrogens is 2. The van der Waals surface area contributed by atoms with Gasteiger partial charge in [0, 0.05) is 42.5 Å². The van der Waals surface area contributed by atoms with E-state index in [1.54, 1.807) is 23.2 Å². The molecule has 3 aromatic rings. The zero-order valence-electron chi connectivity index (χ0n) is 20.6. The number of likely N-dealkylation sites (tertiary alicyclic amines) is 1. The van der Waals surface area contributed by atoms with Crippen molar-refractivity contribution < 1.29 is 33.3 Å². The Bertz CT molecular complexity index is 1250. The first-order valence-corrected chi connectivity index (χ1v) is 11.9. The monoisotopic (exact) mass is 531 g/mol. The van der Waals surface area contributed by atoms with Crippen LogP contribution < -0.4 is 14.2 Å². The fraction of sp³-hybridized carbons (Fsp3) is 0.308. The summed E-state index contributed by atoms with van der Waals surface area (Å²) in [5.74, 6) is -0.00504. The largest absolute Gasteiger partial charge is 0.483 e. The number of rotatable bonds is 7. The minimum atomic E-state index is -0.683. The number of carbonyl (C=O) groups is 2. The van der Waals surface area contributed by atoms with E-state index < -0.39 is 5.82 Å². The Balaban J connectivity index is 0.00000121. The van der Waals surface area contributed by atoms with E-state index in [0.717, 1.165) is 12.8 Å². The molecular weight excluding hydrogens is 505 g/mol. The van der Waals surface area contributed by atoms with Gasteiger partial charge in [-0.1, -0.05) is 11.6 Å². The van der Waals surface area contributed by atoms with Crippen LogP contribution in [0.2, 0.25) is 5.02 Å². The van der Waals surface area contributed by atoms with E-state index in [1.165, 1.54) is 31.5 Å². The quantitative estimate of drug-likeness (QED) is 0.400. The number of pyridine rings is 2. The van der Waals surface area contributed by atoms with Gasteiger partial charge in [0.05, 0.1) is 25.0 Å². The fourth-order valence-corrected chi connectivity index (χ4v) is 3.96. The van der Waals surface area contributed by atoms with E-state index in [2.05, 4.69) is 9.97 Å². The topological polar surface area (TPSA) is 111 Å². The number of amides is 1. The van der Waals surface area contributed by atoms with Crippen LogP contribution in [0.4, 0.5) is 4.39 Å². The number of hydrogen-bond donors (Lipinski definition) is 1. The van der Waals surface area contributed by atoms with E-state index in [1.807, 2.05) is 13.8 Å². The first kappa shape index (κ1) is 27.7. The molecule has 37 heavy (non-hydrogen) atoms. The Kier molecular flexibility index (Phi) is 9.62. The van der Waals surface area contributed by atoms with Gasteiger partial charge in [-0.3, -0.25) is 9.59 Å². The van der Waals surface area contributed by atoms with Crippen molar-refractivity contribution in [2.45, 2.75) is 32.8 Å². The summed E-state index contributed by atoms with van der Waals surface area (Å²) in [6.07, 6.45) is 4.73. The van der Waals surface area contributed by atoms with Gasteiger partial charge in [0.15, 0.2) is 0 Å². The Morgan fingerprint density at radius 3 is 2.49 bits per heavy atom. The normalized spacial score (nSPS) is 12.5. The molecule has 9 nitrogen and oxygen atoms in total. The molecule has 2 aromatic heterocycles. The zero-order chi connectivity index (χ0) is 26.9. The van der Waals surface area contributed by atoms with Crippen LogP contribution in [0.25, 0.3) is 11.1 Å². The van der Waals surface area contributed by atoms with Gasteiger partial charge in [-0.05, 0) is 44.9 Å². The molecule has 1 fully saturated rings. The van der Waals surface area contributed by atoms with Crippen LogP contribution in [-0.2, 0) is 4.79 Å². The highest BCUT2D eigenvalue weighted by atomic mass is 35.5. The highest BCUT2D eigenvalue weighted by molar-refractivity contribution is 6.31. The summed E-state index contributed by atoms with van der Waals surface area (Å²) in [7, 11) is 1.49. The number of benzene rings is 1. The number of hydrogen-bond acceptors (Lipinski definition) is 7. The second-order valence-electron chi connectivity index (χ2n) is 8.22. The van der Waals surface area contributed by atoms with E-state index >= 15 is 4.39 Å². The van der Waals surface area contributed by atoms with Crippen molar-refractivity contribution in [3.8, 4) is 34.4 Å². The van der Waals surface area contributed by atoms with Crippen LogP contribution in [0.15, 0.2) is 42.7 Å². The van der Waals surface area contributed by atoms with Crippen LogP contribution in [0.5, 0.6) is 23.3 Å². The molecule has 0 saturated carbocycles. The number of carbonyl (C=O) groups excluding carboxylic acids is 1. The van der Waals surface area contributed by atoms with Crippen molar-refractivity contribution in [2.75, 3.05) is 20.2 Å². The third-order valence-electron chi connectivity index (χ3n) is 5.31. The van der Waals surface area contributed by atoms with Gasteiger partial charge in [0.25, 0.3) is 12.4 Å². The molecule has 1 amide bonds. The molecule has 1 saturated heterocycles. The summed E-state index contributed by atoms with van der Waals surface area (Å²) < 4.78 is 32.1. The van der Waals surface area contributed by atoms with E-state index in [-0.39, 0.29) is 46.4 Å². The highest BCUT2D eigenvalue weighted by Gasteiger charge is 2.26. The van der Waals surface area contributed by atoms with Crippen molar-refractivity contribution in [1.29, 1.82) is 0 Å². The lowest BCUT2D eigenvalue weighted by atomic mass is 10.0. The van der Waals surface area contributed by atoms with Crippen LogP contribution >= 0.6 is 11.6 Å². The van der Waals surface area contributed by atoms with Crippen molar-refractivity contribution in [1.82, 2.24) is 14.9 Å². The first-order valence-electron chi connectivity index (χ1n) is 11.5. The van der Waals surface area contributed by atoms with Gasteiger partial charge in [-0.2, -0.15) is 0 Å². The fourth-order valence-electron chi connectivity index (χ4n) is 3.76. The van der Waals surface area contributed by atoms with Crippen molar-refractivity contribution in [3.05, 3.63) is 59.1 Å². The number of methoxy groups -OCH3 is 1. The van der Waals surface area contributed by atoms with Crippen LogP contribution in [-0.4, -0.2) is 58.7 Å². The zero-order valence-corrected chi connectivity index (χ0v) is 21.4. The molecule has 4 rings (SSSR count). The van der Waals surface area contributed by atoms with Crippen molar-refractivity contribution in [2.24, 2.45) is 0 Å². The van der Waals surface area contributed by atoms with E-state index in [0.29, 0.717) is 30.1 Å². The average molecular weight is 532 g/mol. The minimum absolute atomic E-state index is 0.0352. The molecule has 1 aliphatic heterocycles. The third-order valence-corrected chi connectivity index (χ3v) is 5.58. The summed E-state index contributed by atoms with van der Waals surface area (Å²) in [5.41, 5.74) is 0.966. The Morgan fingerprint density at radius 1 is 1.16 bits per heavy atom. The predicted octanol–water partition coefficient (Wildman–Crippen LogP) is 5.46. The molecule has 1 aliphatic rings. The lowest BCUT2D eigenvalue weighted by Crippen LogP contribution is -2.28. The van der Waals surface area contributed by atoms with Gasteiger partial charge in [-0.25, -0.2) is 14.4 Å². The predicted molar refractivity (Wildman–Crippen MR) is 135 cm³/mol. The maximum Gasteiger partial charge on any atom is 0.290 e. The van der Waals surface area contributed by atoms with Gasteiger partial charge in [0.2, 0.25) is 11.8 Å². The number of ether oxygens (including phenoxy) is 3. The Morgan fingerprint density at radius 2 is 1.86 bits per heavy atom. The number of carboxylic acid groups (broad SMARTS) is 1. The first-order chi connectivity index (χ1) is 17.8. The van der Waals surface area contributed by atoms with Crippen molar-refractivity contribution >= 4 is 24.0 Å². The maximum atomic E-state index is 15.2. The second-order valence-corrected chi connectivity index (χ2v) is 8.63. The molecule has 0 unspecified atom stereocenters. The molecule has 1 N–H and O–H groups in total. The summed E-state index contributed by atoms with van der Waals surface area (Å²) in [6, 6.07) is 7.70. The number of nitrogens with zero attached hydrogens (tertiary/aromatic N) is 3. The summed E-state index contributed by atoms with van der Waals surface area (Å²) in [4.78, 5) is 31.4. The molecule has 11 heteroatoms. The molecule has 0 radical (unpaired) electrons. The molecule has 1 aromatic carbocycles. The van der Waals surface area contributed by atoms with E-state index in [9.17, 15) is 4.79 Å².